The third-order valence-corrected chi connectivity index (χ3v) is 9.44. The number of hydrogen-bond donors (Lipinski definition) is 1. The van der Waals surface area contributed by atoms with Crippen LogP contribution in [0, 0.1) is 0 Å². The Kier molecular flexibility index (Phi) is 30.7. The number of aliphatic hydroxyl groups excluding tert-OH is 1. The minimum absolute atomic E-state index is 0.129. The number of unbranched alkanes of at least 4 members (excludes halogenated alkanes) is 16. The number of esters is 4. The Morgan fingerprint density at radius 2 is 1.02 bits per heavy atom. The molecule has 1 N–H and O–H groups in total. The fourth-order valence-corrected chi connectivity index (χ4v) is 6.31. The number of rotatable bonds is 36. The van der Waals surface area contributed by atoms with Crippen LogP contribution in [-0.4, -0.2) is 124 Å². The first-order valence-electron chi connectivity index (χ1n) is 21.2. The lowest BCUT2D eigenvalue weighted by Crippen LogP contribution is -2.46. The first-order chi connectivity index (χ1) is 26.1. The molecule has 0 aromatic heterocycles. The largest absolute Gasteiger partial charge is 0.466 e. The molecule has 2 unspecified atom stereocenters. The van der Waals surface area contributed by atoms with Gasteiger partial charge in [0.05, 0.1) is 33.4 Å². The Balaban J connectivity index is 3.98. The summed E-state index contributed by atoms with van der Waals surface area (Å²) in [4.78, 5) is 64.4. The van der Waals surface area contributed by atoms with E-state index < -0.39 is 24.1 Å². The van der Waals surface area contributed by atoms with E-state index in [0.29, 0.717) is 43.5 Å². The number of carbonyl (C=O) groups is 5. The van der Waals surface area contributed by atoms with Crippen LogP contribution in [0.25, 0.3) is 0 Å². The summed E-state index contributed by atoms with van der Waals surface area (Å²) in [6.07, 6.45) is 19.5. The first-order valence-corrected chi connectivity index (χ1v) is 21.2. The number of carbonyl (C=O) groups excluding carboxylic acids is 5. The minimum Gasteiger partial charge on any atom is -0.466 e. The molecular weight excluding hydrogens is 708 g/mol. The predicted octanol–water partition coefficient (Wildman–Crippen LogP) is 7.14. The van der Waals surface area contributed by atoms with Gasteiger partial charge in [-0.2, -0.15) is 0 Å². The van der Waals surface area contributed by atoms with Crippen LogP contribution in [0.2, 0.25) is 0 Å². The maximum Gasteiger partial charge on any atom is 0.366 e. The van der Waals surface area contributed by atoms with Gasteiger partial charge in [0.1, 0.15) is 33.4 Å². The number of nitrogens with zero attached hydrogens (tertiary/aromatic N) is 2. The van der Waals surface area contributed by atoms with Crippen molar-refractivity contribution in [3.8, 4) is 0 Å². The van der Waals surface area contributed by atoms with Crippen molar-refractivity contribution in [3.05, 3.63) is 0 Å². The Labute approximate surface area is 333 Å². The van der Waals surface area contributed by atoms with Gasteiger partial charge >= 0.3 is 29.8 Å². The van der Waals surface area contributed by atoms with E-state index in [-0.39, 0.29) is 42.3 Å². The van der Waals surface area contributed by atoms with E-state index in [4.69, 9.17) is 23.8 Å². The van der Waals surface area contributed by atoms with Gasteiger partial charge in [-0.3, -0.25) is 14.4 Å². The molecule has 0 fully saturated rings. The molecule has 55 heavy (non-hydrogen) atoms. The van der Waals surface area contributed by atoms with Crippen LogP contribution in [0.5, 0.6) is 0 Å². The molecule has 13 nitrogen and oxygen atoms in total. The molecule has 0 aliphatic carbocycles. The van der Waals surface area contributed by atoms with Crippen LogP contribution in [0.15, 0.2) is 0 Å². The maximum absolute atomic E-state index is 12.7. The molecule has 0 aromatic rings. The lowest BCUT2D eigenvalue weighted by molar-refractivity contribution is -1.05. The van der Waals surface area contributed by atoms with Crippen molar-refractivity contribution >= 4 is 29.8 Å². The molecule has 0 radical (unpaired) electrons. The normalized spacial score (nSPS) is 12.8. The molecule has 0 amide bonds. The molecule has 0 aliphatic heterocycles. The molecule has 0 heterocycles. The average molecular weight is 789 g/mol. The van der Waals surface area contributed by atoms with Crippen molar-refractivity contribution in [3.63, 3.8) is 0 Å². The number of ether oxygens (including phenoxy) is 4. The smallest absolute Gasteiger partial charge is 0.366 e. The van der Waals surface area contributed by atoms with Gasteiger partial charge in [0.15, 0.2) is 6.54 Å². The number of quaternary nitrogens is 2. The Hall–Kier alpha value is -2.77. The highest BCUT2D eigenvalue weighted by molar-refractivity contribution is 5.71. The van der Waals surface area contributed by atoms with E-state index in [2.05, 4.69) is 6.92 Å². The Morgan fingerprint density at radius 3 is 1.56 bits per heavy atom. The standard InChI is InChI=1S/C42H80N2O11/c1-8-9-10-11-18-23-28-39(54-42(50)35-44(6,7)55-37(3)46)38(47)27-22-17-16-19-24-29-40(48)52-31-25-20-14-12-13-15-21-26-32-53-41(49)34-43(4,5)30-33-51-36(2)45/h38-39,47H,8-35H2,1-7H3/q+2. The molecule has 0 spiro atoms. The highest BCUT2D eigenvalue weighted by Crippen LogP contribution is 2.19. The molecule has 0 saturated carbocycles. The summed E-state index contributed by atoms with van der Waals surface area (Å²) >= 11 is 0. The topological polar surface area (TPSA) is 152 Å². The summed E-state index contributed by atoms with van der Waals surface area (Å²) in [6.45, 7) is 6.70. The van der Waals surface area contributed by atoms with Crippen molar-refractivity contribution in [1.82, 2.24) is 0 Å². The van der Waals surface area contributed by atoms with Crippen molar-refractivity contribution in [1.29, 1.82) is 0 Å². The van der Waals surface area contributed by atoms with Crippen LogP contribution in [-0.2, 0) is 47.8 Å². The summed E-state index contributed by atoms with van der Waals surface area (Å²) in [5.41, 5.74) is 0. The molecule has 0 aliphatic rings. The minimum atomic E-state index is -0.751. The molecule has 2 atom stereocenters. The van der Waals surface area contributed by atoms with E-state index in [9.17, 15) is 29.1 Å². The van der Waals surface area contributed by atoms with Gasteiger partial charge in [-0.05, 0) is 38.5 Å². The summed E-state index contributed by atoms with van der Waals surface area (Å²) in [6, 6.07) is 0. The van der Waals surface area contributed by atoms with Crippen LogP contribution < -0.4 is 0 Å². The fraction of sp³-hybridized carbons (Fsp3) is 0.881. The highest BCUT2D eigenvalue weighted by Gasteiger charge is 2.30. The zero-order valence-electron chi connectivity index (χ0n) is 35.9. The van der Waals surface area contributed by atoms with E-state index in [1.165, 1.54) is 33.1 Å². The van der Waals surface area contributed by atoms with Gasteiger partial charge in [0.25, 0.3) is 0 Å². The zero-order valence-corrected chi connectivity index (χ0v) is 35.9. The van der Waals surface area contributed by atoms with Crippen LogP contribution >= 0.6 is 0 Å². The van der Waals surface area contributed by atoms with E-state index in [0.717, 1.165) is 103 Å². The van der Waals surface area contributed by atoms with Gasteiger partial charge < -0.3 is 28.5 Å². The number of hydroxylamine groups is 3. The summed E-state index contributed by atoms with van der Waals surface area (Å²) in [5.74, 6) is -1.67. The number of aliphatic hydroxyl groups is 1. The molecule has 0 bridgehead atoms. The number of hydrogen-bond acceptors (Lipinski definition) is 11. The summed E-state index contributed by atoms with van der Waals surface area (Å²) in [7, 11) is 7.05. The van der Waals surface area contributed by atoms with Crippen molar-refractivity contribution in [2.75, 3.05) is 67.6 Å². The molecule has 13 heteroatoms. The lowest BCUT2D eigenvalue weighted by atomic mass is 9.99. The second kappa shape index (κ2) is 32.3. The monoisotopic (exact) mass is 789 g/mol. The van der Waals surface area contributed by atoms with E-state index in [1.54, 1.807) is 14.1 Å². The Bertz CT molecular complexity index is 1050. The predicted molar refractivity (Wildman–Crippen MR) is 212 cm³/mol. The molecule has 322 valence electrons. The Morgan fingerprint density at radius 1 is 0.527 bits per heavy atom. The summed E-state index contributed by atoms with van der Waals surface area (Å²) in [5, 5.41) is 10.9. The molecular formula is C42H80N2O11+2. The van der Waals surface area contributed by atoms with Gasteiger partial charge in [-0.15, -0.1) is 4.65 Å². The second-order valence-corrected chi connectivity index (χ2v) is 16.2. The van der Waals surface area contributed by atoms with Crippen molar-refractivity contribution in [2.24, 2.45) is 0 Å². The number of likely N-dealkylation sites (N-methyl/N-ethyl adjacent to an activating group) is 2. The third-order valence-electron chi connectivity index (χ3n) is 9.44. The SMILES string of the molecule is CCCCCCCCC(OC(=O)C[N+](C)(C)OC(C)=O)C(O)CCCCCCCC(=O)OCCCCCCCCCCOC(=O)C[N+](C)(C)CCOC(C)=O. The van der Waals surface area contributed by atoms with E-state index >= 15 is 0 Å². The fourth-order valence-electron chi connectivity index (χ4n) is 6.31. The maximum atomic E-state index is 12.7. The quantitative estimate of drug-likeness (QED) is 0.0227. The van der Waals surface area contributed by atoms with Gasteiger partial charge in [-0.1, -0.05) is 103 Å². The second-order valence-electron chi connectivity index (χ2n) is 16.2. The van der Waals surface area contributed by atoms with Gasteiger partial charge in [0, 0.05) is 20.3 Å². The molecule has 0 rings (SSSR count). The van der Waals surface area contributed by atoms with Crippen molar-refractivity contribution < 1.29 is 62.0 Å². The zero-order chi connectivity index (χ0) is 41.4. The summed E-state index contributed by atoms with van der Waals surface area (Å²) < 4.78 is 21.6. The van der Waals surface area contributed by atoms with Crippen LogP contribution in [0.1, 0.15) is 162 Å². The first kappa shape index (κ1) is 52.2. The highest BCUT2D eigenvalue weighted by atomic mass is 16.7. The molecule has 0 aromatic carbocycles. The average Bonchev–Trinajstić information content (AvgIpc) is 3.07. The lowest BCUT2D eigenvalue weighted by Gasteiger charge is -2.28. The van der Waals surface area contributed by atoms with Crippen molar-refractivity contribution in [2.45, 2.75) is 174 Å². The third kappa shape index (κ3) is 34.2. The molecule has 0 saturated heterocycles. The van der Waals surface area contributed by atoms with Gasteiger partial charge in [0.2, 0.25) is 6.54 Å². The van der Waals surface area contributed by atoms with Crippen LogP contribution in [0.3, 0.4) is 0 Å². The van der Waals surface area contributed by atoms with E-state index in [1.807, 2.05) is 14.1 Å². The van der Waals surface area contributed by atoms with Crippen LogP contribution in [0.4, 0.5) is 0 Å². The van der Waals surface area contributed by atoms with Gasteiger partial charge in [-0.25, -0.2) is 14.4 Å².